The molecule has 2 aromatic carbocycles. The van der Waals surface area contributed by atoms with Crippen molar-refractivity contribution in [2.45, 2.75) is 12.2 Å². The van der Waals surface area contributed by atoms with E-state index in [1.807, 2.05) is 6.07 Å². The predicted octanol–water partition coefficient (Wildman–Crippen LogP) is 2.28. The maximum absolute atomic E-state index is 9.76. The van der Waals surface area contributed by atoms with Gasteiger partial charge in [0.2, 0.25) is 0 Å². The number of methoxy groups -OCH3 is 1. The van der Waals surface area contributed by atoms with Crippen LogP contribution in [-0.2, 0) is 0 Å². The van der Waals surface area contributed by atoms with Crippen LogP contribution in [-0.4, -0.2) is 41.7 Å². The lowest BCUT2D eigenvalue weighted by atomic mass is 10.0. The van der Waals surface area contributed by atoms with Crippen molar-refractivity contribution in [3.63, 3.8) is 0 Å². The number of benzene rings is 2. The lowest BCUT2D eigenvalue weighted by Gasteiger charge is -2.33. The van der Waals surface area contributed by atoms with Gasteiger partial charge in [-0.2, -0.15) is 0 Å². The molecule has 0 amide bonds. The maximum atomic E-state index is 9.76. The molecule has 2 atom stereocenters. The van der Waals surface area contributed by atoms with E-state index in [0.717, 1.165) is 11.1 Å². The van der Waals surface area contributed by atoms with Crippen LogP contribution in [0.2, 0.25) is 0 Å². The molecule has 0 unspecified atom stereocenters. The number of rotatable bonds is 5. The molecule has 3 rings (SSSR count). The molecule has 3 N–H and O–H groups in total. The minimum atomic E-state index is -0.583. The first kappa shape index (κ1) is 17.1. The highest BCUT2D eigenvalue weighted by Crippen LogP contribution is 2.41. The summed E-state index contributed by atoms with van der Waals surface area (Å²) in [6, 6.07) is 10.3. The molecule has 2 aromatic rings. The fourth-order valence-corrected chi connectivity index (χ4v) is 2.73. The Hall–Kier alpha value is -2.70. The summed E-state index contributed by atoms with van der Waals surface area (Å²) in [5.74, 6) is 1.44. The summed E-state index contributed by atoms with van der Waals surface area (Å²) in [7, 11) is 1.47. The van der Waals surface area contributed by atoms with E-state index >= 15 is 0 Å². The van der Waals surface area contributed by atoms with Crippen LogP contribution in [0.3, 0.4) is 0 Å². The zero-order valence-corrected chi connectivity index (χ0v) is 13.8. The van der Waals surface area contributed by atoms with Gasteiger partial charge in [0.15, 0.2) is 35.2 Å². The third-order valence-corrected chi connectivity index (χ3v) is 3.97. The molecule has 6 heteroatoms. The molecule has 0 radical (unpaired) electrons. The normalized spacial score (nSPS) is 19.2. The highest BCUT2D eigenvalue weighted by atomic mass is 16.6. The molecule has 132 valence electrons. The van der Waals surface area contributed by atoms with Crippen LogP contribution in [0.25, 0.3) is 6.08 Å². The Bertz CT molecular complexity index is 771. The van der Waals surface area contributed by atoms with Gasteiger partial charge in [0.05, 0.1) is 20.3 Å². The number of hydrogen-bond acceptors (Lipinski definition) is 6. The minimum Gasteiger partial charge on any atom is -0.504 e. The van der Waals surface area contributed by atoms with Crippen molar-refractivity contribution in [1.82, 2.24) is 0 Å². The monoisotopic (exact) mass is 344 g/mol. The molecule has 0 saturated heterocycles. The van der Waals surface area contributed by atoms with Gasteiger partial charge in [-0.3, -0.25) is 0 Å². The van der Waals surface area contributed by atoms with Gasteiger partial charge in [-0.15, -0.1) is 0 Å². The van der Waals surface area contributed by atoms with Crippen LogP contribution in [0.1, 0.15) is 17.2 Å². The van der Waals surface area contributed by atoms with Crippen molar-refractivity contribution < 1.29 is 29.5 Å². The Morgan fingerprint density at radius 3 is 2.64 bits per heavy atom. The number of aliphatic hydroxyl groups excluding tert-OH is 2. The number of aliphatic hydroxyl groups is 2. The van der Waals surface area contributed by atoms with E-state index in [9.17, 15) is 10.2 Å². The van der Waals surface area contributed by atoms with Crippen LogP contribution < -0.4 is 14.2 Å². The van der Waals surface area contributed by atoms with E-state index in [-0.39, 0.29) is 19.0 Å². The second-order valence-corrected chi connectivity index (χ2v) is 5.60. The summed E-state index contributed by atoms with van der Waals surface area (Å²) in [6.45, 7) is -0.267. The van der Waals surface area contributed by atoms with Crippen LogP contribution in [0, 0.1) is 0 Å². The third kappa shape index (κ3) is 3.55. The van der Waals surface area contributed by atoms with E-state index in [1.54, 1.807) is 36.4 Å². The van der Waals surface area contributed by atoms with E-state index in [4.69, 9.17) is 19.3 Å². The summed E-state index contributed by atoms with van der Waals surface area (Å²) >= 11 is 0. The van der Waals surface area contributed by atoms with Crippen LogP contribution in [0.5, 0.6) is 23.0 Å². The average Bonchev–Trinajstić information content (AvgIpc) is 2.65. The van der Waals surface area contributed by atoms with Crippen molar-refractivity contribution in [2.75, 3.05) is 20.3 Å². The fraction of sp³-hybridized carbons (Fsp3) is 0.263. The molecule has 0 saturated carbocycles. The lowest BCUT2D eigenvalue weighted by molar-refractivity contribution is -0.0124. The van der Waals surface area contributed by atoms with E-state index in [2.05, 4.69) is 0 Å². The van der Waals surface area contributed by atoms with Gasteiger partial charge in [-0.1, -0.05) is 24.3 Å². The highest BCUT2D eigenvalue weighted by Gasteiger charge is 2.33. The topological polar surface area (TPSA) is 88.4 Å². The standard InChI is InChI=1S/C19H20O6/c1-23-16-10-13(5-6-14(16)22)19-18(11-21)24-15-7-4-12(3-2-8-20)9-17(15)25-19/h2-7,9-10,18-22H,8,11H2,1H3/b3-2+/t18-,19-/m1/s1. The zero-order chi connectivity index (χ0) is 17.8. The quantitative estimate of drug-likeness (QED) is 0.771. The zero-order valence-electron chi connectivity index (χ0n) is 13.8. The van der Waals surface area contributed by atoms with Crippen molar-refractivity contribution in [1.29, 1.82) is 0 Å². The van der Waals surface area contributed by atoms with Gasteiger partial charge in [0.25, 0.3) is 0 Å². The molecule has 0 fully saturated rings. The fourth-order valence-electron chi connectivity index (χ4n) is 2.73. The molecular weight excluding hydrogens is 324 g/mol. The van der Waals surface area contributed by atoms with Gasteiger partial charge in [0, 0.05) is 5.56 Å². The number of phenols is 1. The predicted molar refractivity (Wildman–Crippen MR) is 92.1 cm³/mol. The maximum Gasteiger partial charge on any atom is 0.163 e. The lowest BCUT2D eigenvalue weighted by Crippen LogP contribution is -2.36. The molecule has 0 bridgehead atoms. The Balaban J connectivity index is 1.94. The van der Waals surface area contributed by atoms with Crippen molar-refractivity contribution in [3.8, 4) is 23.0 Å². The van der Waals surface area contributed by atoms with Crippen molar-refractivity contribution in [2.24, 2.45) is 0 Å². The van der Waals surface area contributed by atoms with Gasteiger partial charge < -0.3 is 29.5 Å². The molecule has 1 aliphatic heterocycles. The summed E-state index contributed by atoms with van der Waals surface area (Å²) < 4.78 is 17.1. The number of aromatic hydroxyl groups is 1. The first-order chi connectivity index (χ1) is 12.2. The first-order valence-corrected chi connectivity index (χ1v) is 7.88. The molecule has 25 heavy (non-hydrogen) atoms. The van der Waals surface area contributed by atoms with E-state index in [1.165, 1.54) is 13.2 Å². The number of ether oxygens (including phenoxy) is 3. The molecule has 1 heterocycles. The molecule has 6 nitrogen and oxygen atoms in total. The summed E-state index contributed by atoms with van der Waals surface area (Å²) in [5, 5.41) is 28.3. The molecule has 0 aromatic heterocycles. The Kier molecular flexibility index (Phi) is 5.11. The Morgan fingerprint density at radius 2 is 1.92 bits per heavy atom. The summed E-state index contributed by atoms with van der Waals surface area (Å²) in [4.78, 5) is 0. The largest absolute Gasteiger partial charge is 0.504 e. The van der Waals surface area contributed by atoms with Gasteiger partial charge in [-0.05, 0) is 29.8 Å². The van der Waals surface area contributed by atoms with Gasteiger partial charge >= 0.3 is 0 Å². The van der Waals surface area contributed by atoms with Crippen LogP contribution >= 0.6 is 0 Å². The SMILES string of the molecule is COc1cc([C@H]2Oc3cc(/C=C/CO)ccc3O[C@@H]2CO)ccc1O. The van der Waals surface area contributed by atoms with Gasteiger partial charge in [0.1, 0.15) is 0 Å². The number of hydrogen-bond donors (Lipinski definition) is 3. The number of phenolic OH excluding ortho intramolecular Hbond substituents is 1. The summed E-state index contributed by atoms with van der Waals surface area (Å²) in [6.07, 6.45) is 2.27. The average molecular weight is 344 g/mol. The summed E-state index contributed by atoms with van der Waals surface area (Å²) in [5.41, 5.74) is 1.58. The second-order valence-electron chi connectivity index (χ2n) is 5.60. The Labute approximate surface area is 145 Å². The van der Waals surface area contributed by atoms with Crippen LogP contribution in [0.15, 0.2) is 42.5 Å². The second kappa shape index (κ2) is 7.46. The minimum absolute atomic E-state index is 0.0281. The van der Waals surface area contributed by atoms with Crippen LogP contribution in [0.4, 0.5) is 0 Å². The third-order valence-electron chi connectivity index (χ3n) is 3.97. The molecule has 0 aliphatic carbocycles. The highest BCUT2D eigenvalue weighted by molar-refractivity contribution is 5.56. The van der Waals surface area contributed by atoms with Crippen molar-refractivity contribution in [3.05, 3.63) is 53.6 Å². The number of fused-ring (bicyclic) bond motifs is 1. The van der Waals surface area contributed by atoms with E-state index in [0.29, 0.717) is 17.2 Å². The van der Waals surface area contributed by atoms with E-state index < -0.39 is 12.2 Å². The molecule has 0 spiro atoms. The first-order valence-electron chi connectivity index (χ1n) is 7.88. The van der Waals surface area contributed by atoms with Crippen molar-refractivity contribution >= 4 is 6.08 Å². The molecular formula is C19H20O6. The Morgan fingerprint density at radius 1 is 1.08 bits per heavy atom. The smallest absolute Gasteiger partial charge is 0.163 e. The molecule has 1 aliphatic rings. The van der Waals surface area contributed by atoms with Gasteiger partial charge in [-0.25, -0.2) is 0 Å².